The fraction of sp³-hybridized carbons (Fsp3) is 0.444. The Kier molecular flexibility index (Phi) is 4.06. The van der Waals surface area contributed by atoms with Crippen molar-refractivity contribution in [3.8, 4) is 0 Å². The zero-order chi connectivity index (χ0) is 12.3. The molecule has 0 bridgehead atoms. The number of primary sulfonamides is 1. The summed E-state index contributed by atoms with van der Waals surface area (Å²) in [6.07, 6.45) is 0.681. The third kappa shape index (κ3) is 2.81. The molecular weight excluding hydrogens is 250 g/mol. The lowest BCUT2D eigenvalue weighted by Crippen LogP contribution is -2.17. The number of nitrogens with two attached hydrogens (primary N) is 1. The van der Waals surface area contributed by atoms with Crippen LogP contribution < -0.4 is 5.14 Å². The van der Waals surface area contributed by atoms with Crippen LogP contribution in [-0.4, -0.2) is 21.0 Å². The van der Waals surface area contributed by atoms with Crippen molar-refractivity contribution in [2.45, 2.75) is 25.2 Å². The Hall–Kier alpha value is -0.920. The molecule has 5 nitrogen and oxygen atoms in total. The Labute approximate surface area is 98.3 Å². The molecule has 0 saturated heterocycles. The van der Waals surface area contributed by atoms with Gasteiger partial charge < -0.3 is 4.74 Å². The Morgan fingerprint density at radius 3 is 2.69 bits per heavy atom. The van der Waals surface area contributed by atoms with Gasteiger partial charge in [-0.15, -0.1) is 11.3 Å². The van der Waals surface area contributed by atoms with E-state index in [1.807, 2.05) is 6.92 Å². The second-order valence-corrected chi connectivity index (χ2v) is 5.64. The summed E-state index contributed by atoms with van der Waals surface area (Å²) in [4.78, 5) is 11.5. The largest absolute Gasteiger partial charge is 0.461 e. The predicted octanol–water partition coefficient (Wildman–Crippen LogP) is 1.27. The van der Waals surface area contributed by atoms with Crippen molar-refractivity contribution in [3.63, 3.8) is 0 Å². The first kappa shape index (κ1) is 13.1. The zero-order valence-corrected chi connectivity index (χ0v) is 10.7. The van der Waals surface area contributed by atoms with Crippen molar-refractivity contribution in [1.82, 2.24) is 0 Å². The third-order valence-electron chi connectivity index (χ3n) is 1.83. The molecule has 0 atom stereocenters. The van der Waals surface area contributed by atoms with Gasteiger partial charge in [-0.1, -0.05) is 6.92 Å². The number of hydrogen-bond acceptors (Lipinski definition) is 5. The molecule has 7 heteroatoms. The van der Waals surface area contributed by atoms with E-state index in [9.17, 15) is 13.2 Å². The number of rotatable bonds is 4. The topological polar surface area (TPSA) is 86.5 Å². The second-order valence-electron chi connectivity index (χ2n) is 3.26. The molecule has 0 saturated carbocycles. The van der Waals surface area contributed by atoms with E-state index in [-0.39, 0.29) is 16.4 Å². The van der Waals surface area contributed by atoms with E-state index in [2.05, 4.69) is 0 Å². The highest BCUT2D eigenvalue weighted by atomic mass is 32.2. The first-order chi connectivity index (χ1) is 7.38. The number of thiophene rings is 1. The van der Waals surface area contributed by atoms with Crippen LogP contribution >= 0.6 is 11.3 Å². The molecule has 1 aromatic rings. The summed E-state index contributed by atoms with van der Waals surface area (Å²) in [5.74, 6) is -0.635. The van der Waals surface area contributed by atoms with Crippen LogP contribution in [-0.2, 0) is 14.8 Å². The Morgan fingerprint density at radius 1 is 1.56 bits per heavy atom. The van der Waals surface area contributed by atoms with Crippen molar-refractivity contribution in [2.75, 3.05) is 6.61 Å². The van der Waals surface area contributed by atoms with E-state index in [1.165, 1.54) is 0 Å². The van der Waals surface area contributed by atoms with Crippen LogP contribution in [0.2, 0.25) is 0 Å². The number of hydrogen-bond donors (Lipinski definition) is 1. The highest BCUT2D eigenvalue weighted by Crippen LogP contribution is 2.26. The van der Waals surface area contributed by atoms with E-state index in [0.717, 1.165) is 11.3 Å². The normalized spacial score (nSPS) is 11.4. The summed E-state index contributed by atoms with van der Waals surface area (Å²) in [6, 6.07) is 0. The first-order valence-corrected chi connectivity index (χ1v) is 7.08. The van der Waals surface area contributed by atoms with Gasteiger partial charge >= 0.3 is 5.97 Å². The first-order valence-electron chi connectivity index (χ1n) is 4.66. The molecule has 0 aliphatic heterocycles. The van der Waals surface area contributed by atoms with E-state index in [1.54, 1.807) is 12.3 Å². The second kappa shape index (κ2) is 4.94. The molecule has 0 fully saturated rings. The number of ether oxygens (including phenoxy) is 1. The van der Waals surface area contributed by atoms with Gasteiger partial charge in [-0.05, 0) is 24.3 Å². The van der Waals surface area contributed by atoms with Gasteiger partial charge in [-0.2, -0.15) is 0 Å². The predicted molar refractivity (Wildman–Crippen MR) is 61.0 cm³/mol. The van der Waals surface area contributed by atoms with Gasteiger partial charge in [0.05, 0.1) is 6.61 Å². The Balaban J connectivity index is 3.11. The summed E-state index contributed by atoms with van der Waals surface area (Å²) in [5, 5.41) is 6.61. The highest BCUT2D eigenvalue weighted by Gasteiger charge is 2.24. The van der Waals surface area contributed by atoms with Gasteiger partial charge in [0.25, 0.3) is 0 Å². The van der Waals surface area contributed by atoms with Crippen LogP contribution in [0.3, 0.4) is 0 Å². The van der Waals surface area contributed by atoms with Gasteiger partial charge in [-0.3, -0.25) is 0 Å². The minimum atomic E-state index is -3.88. The smallest absolute Gasteiger partial charge is 0.349 e. The Bertz CT molecular complexity index is 490. The van der Waals surface area contributed by atoms with Crippen molar-refractivity contribution >= 4 is 27.3 Å². The van der Waals surface area contributed by atoms with Crippen LogP contribution in [0, 0.1) is 6.92 Å². The molecule has 0 aromatic carbocycles. The number of carbonyl (C=O) groups is 1. The van der Waals surface area contributed by atoms with Crippen LogP contribution in [0.1, 0.15) is 28.6 Å². The minimum absolute atomic E-state index is 0.0495. The Morgan fingerprint density at radius 2 is 2.19 bits per heavy atom. The zero-order valence-electron chi connectivity index (χ0n) is 9.02. The van der Waals surface area contributed by atoms with Gasteiger partial charge in [0.1, 0.15) is 9.77 Å². The molecule has 0 aliphatic carbocycles. The molecule has 1 rings (SSSR count). The van der Waals surface area contributed by atoms with Crippen molar-refractivity contribution in [1.29, 1.82) is 0 Å². The van der Waals surface area contributed by atoms with Crippen molar-refractivity contribution < 1.29 is 17.9 Å². The van der Waals surface area contributed by atoms with Crippen molar-refractivity contribution in [3.05, 3.63) is 15.8 Å². The molecule has 0 radical (unpaired) electrons. The van der Waals surface area contributed by atoms with E-state index < -0.39 is 16.0 Å². The molecule has 16 heavy (non-hydrogen) atoms. The maximum Gasteiger partial charge on any atom is 0.349 e. The molecular formula is C9H13NO4S2. The number of esters is 1. The lowest BCUT2D eigenvalue weighted by Gasteiger charge is -2.03. The fourth-order valence-corrected chi connectivity index (χ4v) is 3.44. The number of sulfonamides is 1. The lowest BCUT2D eigenvalue weighted by molar-refractivity contribution is 0.0506. The SMILES string of the molecule is CCCOC(=O)c1scc(C)c1S(N)(=O)=O. The fourth-order valence-electron chi connectivity index (χ4n) is 1.19. The molecule has 90 valence electrons. The lowest BCUT2D eigenvalue weighted by atomic mass is 10.3. The van der Waals surface area contributed by atoms with Crippen LogP contribution in [0.4, 0.5) is 0 Å². The van der Waals surface area contributed by atoms with E-state index >= 15 is 0 Å². The van der Waals surface area contributed by atoms with Gasteiger partial charge in [0, 0.05) is 0 Å². The monoisotopic (exact) mass is 263 g/mol. The average Bonchev–Trinajstić information content (AvgIpc) is 2.56. The molecule has 1 aromatic heterocycles. The summed E-state index contributed by atoms with van der Waals surface area (Å²) in [6.45, 7) is 3.71. The number of aryl methyl sites for hydroxylation is 1. The van der Waals surface area contributed by atoms with Crippen LogP contribution in [0.15, 0.2) is 10.3 Å². The summed E-state index contributed by atoms with van der Waals surface area (Å²) < 4.78 is 27.5. The molecule has 1 heterocycles. The van der Waals surface area contributed by atoms with Crippen molar-refractivity contribution in [2.24, 2.45) is 5.14 Å². The van der Waals surface area contributed by atoms with Crippen LogP contribution in [0.25, 0.3) is 0 Å². The molecule has 0 spiro atoms. The van der Waals surface area contributed by atoms with Gasteiger partial charge in [0.15, 0.2) is 0 Å². The number of carbonyl (C=O) groups excluding carboxylic acids is 1. The van der Waals surface area contributed by atoms with Gasteiger partial charge in [0.2, 0.25) is 10.0 Å². The van der Waals surface area contributed by atoms with Crippen LogP contribution in [0.5, 0.6) is 0 Å². The molecule has 0 amide bonds. The van der Waals surface area contributed by atoms with Gasteiger partial charge in [-0.25, -0.2) is 18.4 Å². The molecule has 2 N–H and O–H groups in total. The quantitative estimate of drug-likeness (QED) is 0.829. The maximum atomic E-state index is 11.6. The third-order valence-corrected chi connectivity index (χ3v) is 4.13. The summed E-state index contributed by atoms with van der Waals surface area (Å²) in [5.41, 5.74) is 0.468. The highest BCUT2D eigenvalue weighted by molar-refractivity contribution is 7.89. The standard InChI is InChI=1S/C9H13NO4S2/c1-3-4-14-9(11)7-8(16(10,12)13)6(2)5-15-7/h5H,3-4H2,1-2H3,(H2,10,12,13). The summed E-state index contributed by atoms with van der Waals surface area (Å²) >= 11 is 1.03. The average molecular weight is 263 g/mol. The van der Waals surface area contributed by atoms with E-state index in [0.29, 0.717) is 12.0 Å². The summed E-state index contributed by atoms with van der Waals surface area (Å²) in [7, 11) is -3.88. The molecule has 0 unspecified atom stereocenters. The minimum Gasteiger partial charge on any atom is -0.461 e. The maximum absolute atomic E-state index is 11.6. The van der Waals surface area contributed by atoms with E-state index in [4.69, 9.17) is 9.88 Å². The molecule has 0 aliphatic rings.